The van der Waals surface area contributed by atoms with Crippen LogP contribution in [-0.4, -0.2) is 17.3 Å². The summed E-state index contributed by atoms with van der Waals surface area (Å²) < 4.78 is 0. The fraction of sp³-hybridized carbons (Fsp3) is 0.400. The van der Waals surface area contributed by atoms with Gasteiger partial charge in [-0.3, -0.25) is 4.98 Å². The summed E-state index contributed by atoms with van der Waals surface area (Å²) in [4.78, 5) is 9.12. The van der Waals surface area contributed by atoms with E-state index in [0.29, 0.717) is 6.61 Å². The summed E-state index contributed by atoms with van der Waals surface area (Å²) in [7, 11) is 0. The number of aryl methyl sites for hydroxylation is 1. The van der Waals surface area contributed by atoms with E-state index in [1.54, 1.807) is 6.20 Å². The molecule has 0 saturated heterocycles. The molecule has 1 heterocycles. The van der Waals surface area contributed by atoms with Crippen molar-refractivity contribution in [2.75, 3.05) is 6.61 Å². The first-order valence-electron chi connectivity index (χ1n) is 4.54. The predicted molar refractivity (Wildman–Crippen MR) is 50.7 cm³/mol. The average Bonchev–Trinajstić information content (AvgIpc) is 2.58. The SMILES string of the molecule is CCO/N=C1\CCc2cnccc21. The van der Waals surface area contributed by atoms with E-state index in [1.807, 2.05) is 19.2 Å². The Hall–Kier alpha value is -1.38. The molecule has 68 valence electrons. The van der Waals surface area contributed by atoms with Crippen LogP contribution >= 0.6 is 0 Å². The van der Waals surface area contributed by atoms with Gasteiger partial charge in [0.25, 0.3) is 0 Å². The zero-order chi connectivity index (χ0) is 9.10. The van der Waals surface area contributed by atoms with Gasteiger partial charge in [0.1, 0.15) is 6.61 Å². The largest absolute Gasteiger partial charge is 0.396 e. The Labute approximate surface area is 77.4 Å². The Bertz CT molecular complexity index is 333. The molecule has 0 unspecified atom stereocenters. The highest BCUT2D eigenvalue weighted by atomic mass is 16.6. The molecule has 3 heteroatoms. The van der Waals surface area contributed by atoms with Gasteiger partial charge < -0.3 is 4.84 Å². The van der Waals surface area contributed by atoms with Gasteiger partial charge in [-0.25, -0.2) is 0 Å². The molecule has 1 aromatic heterocycles. The van der Waals surface area contributed by atoms with E-state index in [-0.39, 0.29) is 0 Å². The lowest BCUT2D eigenvalue weighted by atomic mass is 10.2. The Kier molecular flexibility index (Phi) is 2.25. The number of hydrogen-bond donors (Lipinski definition) is 0. The zero-order valence-electron chi connectivity index (χ0n) is 7.66. The molecular weight excluding hydrogens is 164 g/mol. The van der Waals surface area contributed by atoms with Crippen molar-refractivity contribution in [3.8, 4) is 0 Å². The first-order valence-corrected chi connectivity index (χ1v) is 4.54. The fourth-order valence-corrected chi connectivity index (χ4v) is 1.53. The number of nitrogens with zero attached hydrogens (tertiary/aromatic N) is 2. The first-order chi connectivity index (χ1) is 6.42. The van der Waals surface area contributed by atoms with E-state index < -0.39 is 0 Å². The summed E-state index contributed by atoms with van der Waals surface area (Å²) in [6, 6.07) is 2.00. The second-order valence-corrected chi connectivity index (χ2v) is 2.99. The first kappa shape index (κ1) is 8.23. The molecule has 1 aromatic rings. The summed E-state index contributed by atoms with van der Waals surface area (Å²) in [5.41, 5.74) is 3.53. The monoisotopic (exact) mass is 176 g/mol. The minimum Gasteiger partial charge on any atom is -0.396 e. The third-order valence-corrected chi connectivity index (χ3v) is 2.15. The lowest BCUT2D eigenvalue weighted by Gasteiger charge is -1.98. The van der Waals surface area contributed by atoms with E-state index in [0.717, 1.165) is 18.6 Å². The van der Waals surface area contributed by atoms with Crippen molar-refractivity contribution >= 4 is 5.71 Å². The van der Waals surface area contributed by atoms with Crippen LogP contribution in [0.1, 0.15) is 24.5 Å². The third-order valence-electron chi connectivity index (χ3n) is 2.15. The van der Waals surface area contributed by atoms with Gasteiger partial charge in [-0.2, -0.15) is 0 Å². The standard InChI is InChI=1S/C10H12N2O/c1-2-13-12-10-4-3-8-7-11-6-5-9(8)10/h5-7H,2-4H2,1H3/b12-10+. The summed E-state index contributed by atoms with van der Waals surface area (Å²) in [6.07, 6.45) is 5.71. The minimum absolute atomic E-state index is 0.629. The van der Waals surface area contributed by atoms with Crippen LogP contribution in [-0.2, 0) is 11.3 Å². The third kappa shape index (κ3) is 1.54. The van der Waals surface area contributed by atoms with Crippen LogP contribution in [0.25, 0.3) is 0 Å². The van der Waals surface area contributed by atoms with Gasteiger partial charge in [-0.05, 0) is 31.4 Å². The Balaban J connectivity index is 2.28. The molecule has 0 amide bonds. The van der Waals surface area contributed by atoms with E-state index in [1.165, 1.54) is 11.1 Å². The van der Waals surface area contributed by atoms with E-state index in [9.17, 15) is 0 Å². The van der Waals surface area contributed by atoms with E-state index >= 15 is 0 Å². The van der Waals surface area contributed by atoms with Gasteiger partial charge in [0.2, 0.25) is 0 Å². The molecule has 0 N–H and O–H groups in total. The van der Waals surface area contributed by atoms with Gasteiger partial charge >= 0.3 is 0 Å². The van der Waals surface area contributed by atoms with Crippen LogP contribution in [0.4, 0.5) is 0 Å². The van der Waals surface area contributed by atoms with Crippen LogP contribution in [0.5, 0.6) is 0 Å². The van der Waals surface area contributed by atoms with E-state index in [2.05, 4.69) is 10.1 Å². The Morgan fingerprint density at radius 3 is 3.31 bits per heavy atom. The molecule has 13 heavy (non-hydrogen) atoms. The topological polar surface area (TPSA) is 34.5 Å². The maximum Gasteiger partial charge on any atom is 0.114 e. The van der Waals surface area contributed by atoms with Crippen LogP contribution in [0.15, 0.2) is 23.6 Å². The summed E-state index contributed by atoms with van der Waals surface area (Å²) in [6.45, 7) is 2.57. The molecule has 1 aliphatic carbocycles. The molecule has 0 saturated carbocycles. The van der Waals surface area contributed by atoms with Crippen LogP contribution < -0.4 is 0 Å². The smallest absolute Gasteiger partial charge is 0.114 e. The fourth-order valence-electron chi connectivity index (χ4n) is 1.53. The molecule has 2 rings (SSSR count). The van der Waals surface area contributed by atoms with Crippen molar-refractivity contribution in [1.82, 2.24) is 4.98 Å². The summed E-state index contributed by atoms with van der Waals surface area (Å²) in [5.74, 6) is 0. The molecule has 0 fully saturated rings. The minimum atomic E-state index is 0.629. The van der Waals surface area contributed by atoms with Crippen LogP contribution in [0, 0.1) is 0 Å². The van der Waals surface area contributed by atoms with Crippen LogP contribution in [0.2, 0.25) is 0 Å². The van der Waals surface area contributed by atoms with Crippen molar-refractivity contribution in [3.05, 3.63) is 29.6 Å². The second kappa shape index (κ2) is 3.56. The molecule has 0 atom stereocenters. The molecule has 1 aliphatic rings. The molecule has 0 bridgehead atoms. The zero-order valence-corrected chi connectivity index (χ0v) is 7.66. The quantitative estimate of drug-likeness (QED) is 0.643. The molecule has 0 aliphatic heterocycles. The highest BCUT2D eigenvalue weighted by Gasteiger charge is 2.17. The number of oxime groups is 1. The van der Waals surface area contributed by atoms with Gasteiger partial charge in [0.05, 0.1) is 5.71 Å². The van der Waals surface area contributed by atoms with Gasteiger partial charge in [0.15, 0.2) is 0 Å². The number of fused-ring (bicyclic) bond motifs is 1. The maximum absolute atomic E-state index is 5.04. The molecule has 0 radical (unpaired) electrons. The lowest BCUT2D eigenvalue weighted by molar-refractivity contribution is 0.158. The molecular formula is C10H12N2O. The summed E-state index contributed by atoms with van der Waals surface area (Å²) >= 11 is 0. The van der Waals surface area contributed by atoms with E-state index in [4.69, 9.17) is 4.84 Å². The number of aromatic nitrogens is 1. The highest BCUT2D eigenvalue weighted by molar-refractivity contribution is 6.03. The number of pyridine rings is 1. The number of rotatable bonds is 2. The number of hydrogen-bond acceptors (Lipinski definition) is 3. The lowest BCUT2D eigenvalue weighted by Crippen LogP contribution is -1.96. The van der Waals surface area contributed by atoms with Crippen LogP contribution in [0.3, 0.4) is 0 Å². The van der Waals surface area contributed by atoms with Gasteiger partial charge in [-0.15, -0.1) is 0 Å². The van der Waals surface area contributed by atoms with Crippen molar-refractivity contribution < 1.29 is 4.84 Å². The highest BCUT2D eigenvalue weighted by Crippen LogP contribution is 2.20. The Morgan fingerprint density at radius 1 is 1.54 bits per heavy atom. The Morgan fingerprint density at radius 2 is 2.46 bits per heavy atom. The van der Waals surface area contributed by atoms with Crippen molar-refractivity contribution in [3.63, 3.8) is 0 Å². The maximum atomic E-state index is 5.04. The van der Waals surface area contributed by atoms with Crippen molar-refractivity contribution in [2.45, 2.75) is 19.8 Å². The normalized spacial score (nSPS) is 17.5. The molecule has 0 aromatic carbocycles. The van der Waals surface area contributed by atoms with Crippen molar-refractivity contribution in [1.29, 1.82) is 0 Å². The predicted octanol–water partition coefficient (Wildman–Crippen LogP) is 1.77. The summed E-state index contributed by atoms with van der Waals surface area (Å²) in [5, 5.41) is 4.07. The van der Waals surface area contributed by atoms with Gasteiger partial charge in [-0.1, -0.05) is 5.16 Å². The molecule has 0 spiro atoms. The average molecular weight is 176 g/mol. The second-order valence-electron chi connectivity index (χ2n) is 2.99. The molecule has 3 nitrogen and oxygen atoms in total. The van der Waals surface area contributed by atoms with Crippen molar-refractivity contribution in [2.24, 2.45) is 5.16 Å². The van der Waals surface area contributed by atoms with Gasteiger partial charge in [0, 0.05) is 18.0 Å².